The van der Waals surface area contributed by atoms with Crippen LogP contribution in [0.1, 0.15) is 30.8 Å². The van der Waals surface area contributed by atoms with E-state index in [0.717, 1.165) is 6.42 Å². The van der Waals surface area contributed by atoms with Crippen molar-refractivity contribution in [1.29, 1.82) is 0 Å². The lowest BCUT2D eigenvalue weighted by molar-refractivity contribution is -0.126. The Labute approximate surface area is 130 Å². The highest BCUT2D eigenvalue weighted by Crippen LogP contribution is 2.37. The van der Waals surface area contributed by atoms with Crippen LogP contribution < -0.4 is 5.32 Å². The molecule has 6 heteroatoms. The summed E-state index contributed by atoms with van der Waals surface area (Å²) in [5.74, 6) is 0.758. The molecule has 0 saturated carbocycles. The van der Waals surface area contributed by atoms with Gasteiger partial charge in [-0.05, 0) is 38.3 Å². The van der Waals surface area contributed by atoms with Gasteiger partial charge < -0.3 is 14.6 Å². The molecule has 22 heavy (non-hydrogen) atoms. The lowest BCUT2D eigenvalue weighted by atomic mass is 10.0. The maximum Gasteiger partial charge on any atom is 0.289 e. The zero-order valence-electron chi connectivity index (χ0n) is 13.3. The van der Waals surface area contributed by atoms with Crippen molar-refractivity contribution in [3.05, 3.63) is 24.2 Å². The Balaban J connectivity index is 1.75. The van der Waals surface area contributed by atoms with E-state index in [1.807, 2.05) is 4.90 Å². The molecule has 0 spiro atoms. The van der Waals surface area contributed by atoms with Crippen LogP contribution in [0.4, 0.5) is 0 Å². The van der Waals surface area contributed by atoms with Gasteiger partial charge in [0.1, 0.15) is 0 Å². The molecule has 0 aliphatic carbocycles. The van der Waals surface area contributed by atoms with Crippen molar-refractivity contribution in [2.24, 2.45) is 5.92 Å². The minimum atomic E-state index is -0.0825. The van der Waals surface area contributed by atoms with E-state index in [0.29, 0.717) is 24.8 Å². The second kappa shape index (κ2) is 5.76. The molecule has 1 aromatic heterocycles. The first kappa shape index (κ1) is 15.1. The zero-order valence-corrected chi connectivity index (χ0v) is 13.3. The highest BCUT2D eigenvalue weighted by atomic mass is 16.3. The van der Waals surface area contributed by atoms with Crippen molar-refractivity contribution < 1.29 is 14.0 Å². The molecule has 2 amide bonds. The number of nitrogens with zero attached hydrogens (tertiary/aromatic N) is 2. The molecule has 2 fully saturated rings. The standard InChI is InChI=1S/C16H23N3O3/c1-10(2)19-12(15(20)17-3)7-11-8-18(9-13(11)19)16(21)14-5-4-6-22-14/h4-6,10-13H,7-9H2,1-3H3,(H,17,20)/t11-,12-,13+/m0/s1. The quantitative estimate of drug-likeness (QED) is 0.903. The molecular formula is C16H23N3O3. The fraction of sp³-hybridized carbons (Fsp3) is 0.625. The number of nitrogens with one attached hydrogen (secondary N) is 1. The number of carbonyl (C=O) groups excluding carboxylic acids is 2. The lowest BCUT2D eigenvalue weighted by Gasteiger charge is -2.32. The fourth-order valence-corrected chi connectivity index (χ4v) is 3.94. The zero-order chi connectivity index (χ0) is 15.9. The normalized spacial score (nSPS) is 28.2. The van der Waals surface area contributed by atoms with Crippen LogP contribution >= 0.6 is 0 Å². The van der Waals surface area contributed by atoms with Gasteiger partial charge in [0, 0.05) is 32.2 Å². The number of rotatable bonds is 3. The second-order valence-electron chi connectivity index (χ2n) is 6.42. The van der Waals surface area contributed by atoms with Crippen molar-refractivity contribution in [2.75, 3.05) is 20.1 Å². The average Bonchev–Trinajstić information content (AvgIpc) is 3.19. The molecular weight excluding hydrogens is 282 g/mol. The second-order valence-corrected chi connectivity index (χ2v) is 6.42. The highest BCUT2D eigenvalue weighted by Gasteiger charge is 2.50. The maximum atomic E-state index is 12.4. The third-order valence-corrected chi connectivity index (χ3v) is 4.84. The maximum absolute atomic E-state index is 12.4. The van der Waals surface area contributed by atoms with Crippen molar-refractivity contribution >= 4 is 11.8 Å². The Bertz CT molecular complexity index is 555. The van der Waals surface area contributed by atoms with Gasteiger partial charge in [-0.25, -0.2) is 0 Å². The molecule has 0 aromatic carbocycles. The van der Waals surface area contributed by atoms with Crippen LogP contribution in [-0.2, 0) is 4.79 Å². The summed E-state index contributed by atoms with van der Waals surface area (Å²) in [6, 6.07) is 3.87. The first-order valence-electron chi connectivity index (χ1n) is 7.84. The molecule has 3 rings (SSSR count). The first-order valence-corrected chi connectivity index (χ1v) is 7.84. The predicted molar refractivity (Wildman–Crippen MR) is 81.3 cm³/mol. The largest absolute Gasteiger partial charge is 0.459 e. The van der Waals surface area contributed by atoms with Crippen LogP contribution in [0, 0.1) is 5.92 Å². The van der Waals surface area contributed by atoms with E-state index in [-0.39, 0.29) is 29.9 Å². The van der Waals surface area contributed by atoms with E-state index >= 15 is 0 Å². The molecule has 2 aliphatic rings. The van der Waals surface area contributed by atoms with Crippen LogP contribution in [0.3, 0.4) is 0 Å². The van der Waals surface area contributed by atoms with Crippen LogP contribution in [0.25, 0.3) is 0 Å². The lowest BCUT2D eigenvalue weighted by Crippen LogP contribution is -2.50. The van der Waals surface area contributed by atoms with E-state index in [4.69, 9.17) is 4.42 Å². The molecule has 0 radical (unpaired) electrons. The number of hydrogen-bond acceptors (Lipinski definition) is 4. The number of amides is 2. The minimum Gasteiger partial charge on any atom is -0.459 e. The van der Waals surface area contributed by atoms with Crippen LogP contribution in [0.2, 0.25) is 0 Å². The molecule has 1 N–H and O–H groups in total. The van der Waals surface area contributed by atoms with E-state index in [2.05, 4.69) is 24.1 Å². The first-order chi connectivity index (χ1) is 10.5. The highest BCUT2D eigenvalue weighted by molar-refractivity contribution is 5.91. The summed E-state index contributed by atoms with van der Waals surface area (Å²) in [6.07, 6.45) is 2.33. The molecule has 3 heterocycles. The van der Waals surface area contributed by atoms with E-state index in [9.17, 15) is 9.59 Å². The van der Waals surface area contributed by atoms with Crippen molar-refractivity contribution in [3.8, 4) is 0 Å². The number of carbonyl (C=O) groups is 2. The Morgan fingerprint density at radius 1 is 1.36 bits per heavy atom. The Kier molecular flexibility index (Phi) is 3.95. The summed E-state index contributed by atoms with van der Waals surface area (Å²) in [7, 11) is 1.68. The van der Waals surface area contributed by atoms with Gasteiger partial charge in [-0.2, -0.15) is 0 Å². The van der Waals surface area contributed by atoms with Gasteiger partial charge in [-0.3, -0.25) is 14.5 Å². The summed E-state index contributed by atoms with van der Waals surface area (Å²) in [4.78, 5) is 28.6. The van der Waals surface area contributed by atoms with E-state index < -0.39 is 0 Å². The van der Waals surface area contributed by atoms with E-state index in [1.165, 1.54) is 6.26 Å². The molecule has 6 nitrogen and oxygen atoms in total. The molecule has 120 valence electrons. The van der Waals surface area contributed by atoms with Crippen molar-refractivity contribution in [3.63, 3.8) is 0 Å². The third-order valence-electron chi connectivity index (χ3n) is 4.84. The Morgan fingerprint density at radius 3 is 2.73 bits per heavy atom. The van der Waals surface area contributed by atoms with Gasteiger partial charge in [-0.15, -0.1) is 0 Å². The van der Waals surface area contributed by atoms with Gasteiger partial charge in [0.2, 0.25) is 5.91 Å². The van der Waals surface area contributed by atoms with Gasteiger partial charge in [-0.1, -0.05) is 0 Å². The topological polar surface area (TPSA) is 65.8 Å². The fourth-order valence-electron chi connectivity index (χ4n) is 3.94. The van der Waals surface area contributed by atoms with E-state index in [1.54, 1.807) is 19.2 Å². The summed E-state index contributed by atoms with van der Waals surface area (Å²) in [6.45, 7) is 5.57. The summed E-state index contributed by atoms with van der Waals surface area (Å²) in [5.41, 5.74) is 0. The predicted octanol–water partition coefficient (Wildman–Crippen LogP) is 0.949. The number of furan rings is 1. The van der Waals surface area contributed by atoms with Crippen molar-refractivity contribution in [2.45, 2.75) is 38.4 Å². The summed E-state index contributed by atoms with van der Waals surface area (Å²) in [5, 5.41) is 2.76. The minimum absolute atomic E-state index is 0.0559. The molecule has 0 bridgehead atoms. The number of likely N-dealkylation sites (tertiary alicyclic amines) is 2. The van der Waals surface area contributed by atoms with Crippen LogP contribution in [0.15, 0.2) is 22.8 Å². The monoisotopic (exact) mass is 305 g/mol. The van der Waals surface area contributed by atoms with Crippen LogP contribution in [-0.4, -0.2) is 59.9 Å². The molecule has 2 saturated heterocycles. The average molecular weight is 305 g/mol. The molecule has 1 aromatic rings. The molecule has 0 unspecified atom stereocenters. The van der Waals surface area contributed by atoms with Gasteiger partial charge in [0.15, 0.2) is 5.76 Å². The number of likely N-dealkylation sites (N-methyl/N-ethyl adjacent to an activating group) is 1. The van der Waals surface area contributed by atoms with Gasteiger partial charge in [0.05, 0.1) is 12.3 Å². The van der Waals surface area contributed by atoms with Crippen LogP contribution in [0.5, 0.6) is 0 Å². The number of hydrogen-bond donors (Lipinski definition) is 1. The molecule has 2 aliphatic heterocycles. The Morgan fingerprint density at radius 2 is 2.14 bits per heavy atom. The summed E-state index contributed by atoms with van der Waals surface area (Å²) < 4.78 is 5.21. The van der Waals surface area contributed by atoms with Gasteiger partial charge >= 0.3 is 0 Å². The Hall–Kier alpha value is -1.82. The SMILES string of the molecule is CNC(=O)[C@@H]1C[C@H]2CN(C(=O)c3ccco3)C[C@H]2N1C(C)C. The summed E-state index contributed by atoms with van der Waals surface area (Å²) >= 11 is 0. The van der Waals surface area contributed by atoms with Crippen molar-refractivity contribution in [1.82, 2.24) is 15.1 Å². The molecule has 3 atom stereocenters. The number of fused-ring (bicyclic) bond motifs is 1. The van der Waals surface area contributed by atoms with Gasteiger partial charge in [0.25, 0.3) is 5.91 Å². The smallest absolute Gasteiger partial charge is 0.289 e. The third kappa shape index (κ3) is 2.41.